The molecule has 1 saturated heterocycles. The van der Waals surface area contributed by atoms with Crippen LogP contribution in [0.4, 0.5) is 5.82 Å². The van der Waals surface area contributed by atoms with Gasteiger partial charge in [0.1, 0.15) is 17.8 Å². The van der Waals surface area contributed by atoms with Gasteiger partial charge in [-0.2, -0.15) is 4.68 Å². The lowest BCUT2D eigenvalue weighted by molar-refractivity contribution is 0.141. The minimum absolute atomic E-state index is 0. The van der Waals surface area contributed by atoms with Crippen molar-refractivity contribution in [2.75, 3.05) is 18.0 Å². The molecule has 23 heavy (non-hydrogen) atoms. The second-order valence-electron chi connectivity index (χ2n) is 5.06. The lowest BCUT2D eigenvalue weighted by Gasteiger charge is -2.36. The van der Waals surface area contributed by atoms with Crippen LogP contribution in [0.3, 0.4) is 0 Å². The number of aliphatic hydroxyl groups is 1. The average Bonchev–Trinajstić information content (AvgIpc) is 3.13. The number of rotatable bonds is 3. The molecule has 3 aromatic rings. The zero-order chi connectivity index (χ0) is 15.1. The van der Waals surface area contributed by atoms with E-state index in [2.05, 4.69) is 20.1 Å². The molecule has 0 radical (unpaired) electrons. The fourth-order valence-corrected chi connectivity index (χ4v) is 2.39. The average molecular weight is 336 g/mol. The van der Waals surface area contributed by atoms with Crippen molar-refractivity contribution < 1.29 is 5.11 Å². The summed E-state index contributed by atoms with van der Waals surface area (Å²) in [4.78, 5) is 26.6. The Morgan fingerprint density at radius 2 is 2.04 bits per heavy atom. The number of aliphatic hydroxyl groups excluding tert-OH is 1. The van der Waals surface area contributed by atoms with Gasteiger partial charge in [0.25, 0.3) is 5.56 Å². The van der Waals surface area contributed by atoms with Crippen molar-refractivity contribution >= 4 is 18.2 Å². The summed E-state index contributed by atoms with van der Waals surface area (Å²) in [5.74, 6) is 1.13. The molecular weight excluding hydrogens is 322 g/mol. The summed E-state index contributed by atoms with van der Waals surface area (Å²) in [7, 11) is 0. The van der Waals surface area contributed by atoms with Gasteiger partial charge in [-0.1, -0.05) is 0 Å². The Hall–Kier alpha value is -2.65. The Bertz CT molecular complexity index is 851. The van der Waals surface area contributed by atoms with E-state index in [1.165, 1.54) is 11.0 Å². The van der Waals surface area contributed by atoms with Crippen LogP contribution in [0.25, 0.3) is 11.5 Å². The molecule has 2 N–H and O–H groups in total. The van der Waals surface area contributed by atoms with Crippen LogP contribution in [0.15, 0.2) is 42.1 Å². The molecule has 10 heteroatoms. The maximum atomic E-state index is 12.5. The maximum absolute atomic E-state index is 12.5. The van der Waals surface area contributed by atoms with Crippen LogP contribution < -0.4 is 10.5 Å². The van der Waals surface area contributed by atoms with E-state index in [9.17, 15) is 9.90 Å². The molecule has 0 spiro atoms. The fourth-order valence-electron chi connectivity index (χ4n) is 2.39. The molecule has 0 amide bonds. The molecule has 0 aliphatic carbocycles. The smallest absolute Gasteiger partial charge is 0.296 e. The number of β-amino-alcohol motifs (C(OH)–C–C–N with tert-alkyl or cyclic N) is 1. The Kier molecular flexibility index (Phi) is 3.89. The molecule has 4 heterocycles. The van der Waals surface area contributed by atoms with Gasteiger partial charge in [0.05, 0.1) is 12.4 Å². The molecule has 0 aromatic carbocycles. The molecule has 0 bridgehead atoms. The molecule has 120 valence electrons. The second-order valence-corrected chi connectivity index (χ2v) is 5.06. The van der Waals surface area contributed by atoms with Gasteiger partial charge in [-0.05, 0) is 0 Å². The molecular formula is C13H14ClN7O2. The van der Waals surface area contributed by atoms with Crippen molar-refractivity contribution in [3.05, 3.63) is 47.7 Å². The zero-order valence-electron chi connectivity index (χ0n) is 11.9. The number of imidazole rings is 1. The molecule has 9 nitrogen and oxygen atoms in total. The van der Waals surface area contributed by atoms with Crippen LogP contribution in [0.5, 0.6) is 0 Å². The third kappa shape index (κ3) is 2.60. The van der Waals surface area contributed by atoms with Crippen molar-refractivity contribution in [2.24, 2.45) is 0 Å². The molecule has 1 aliphatic heterocycles. The minimum Gasteiger partial charge on any atom is -0.389 e. The summed E-state index contributed by atoms with van der Waals surface area (Å²) in [6.45, 7) is 1.08. The molecule has 3 aromatic heterocycles. The van der Waals surface area contributed by atoms with Crippen molar-refractivity contribution in [2.45, 2.75) is 6.10 Å². The minimum atomic E-state index is -0.320. The van der Waals surface area contributed by atoms with E-state index in [0.29, 0.717) is 30.4 Å². The Balaban J connectivity index is 0.00000156. The van der Waals surface area contributed by atoms with Crippen LogP contribution in [0, 0.1) is 0 Å². The summed E-state index contributed by atoms with van der Waals surface area (Å²) in [6, 6.07) is 1.71. The Morgan fingerprint density at radius 1 is 1.26 bits per heavy atom. The predicted molar refractivity (Wildman–Crippen MR) is 84.6 cm³/mol. The SMILES string of the molecule is Cl.O=c1c(-n2ccnc2)c[nH]n1-c1cc(N2CC(O)C2)ncn1. The predicted octanol–water partition coefficient (Wildman–Crippen LogP) is -0.256. The van der Waals surface area contributed by atoms with Crippen LogP contribution in [-0.2, 0) is 0 Å². The number of hydrogen-bond acceptors (Lipinski definition) is 6. The van der Waals surface area contributed by atoms with Crippen LogP contribution in [-0.4, -0.2) is 53.6 Å². The number of aromatic nitrogens is 6. The summed E-state index contributed by atoms with van der Waals surface area (Å²) >= 11 is 0. The lowest BCUT2D eigenvalue weighted by atomic mass is 10.2. The van der Waals surface area contributed by atoms with Crippen LogP contribution >= 0.6 is 12.4 Å². The molecule has 0 saturated carbocycles. The molecule has 0 unspecified atom stereocenters. The molecule has 4 rings (SSSR count). The second kappa shape index (κ2) is 5.86. The van der Waals surface area contributed by atoms with E-state index in [1.54, 1.807) is 35.6 Å². The number of H-pyrrole nitrogens is 1. The van der Waals surface area contributed by atoms with Gasteiger partial charge in [-0.25, -0.2) is 15.0 Å². The van der Waals surface area contributed by atoms with Gasteiger partial charge in [-0.3, -0.25) is 14.5 Å². The first kappa shape index (κ1) is 15.3. The van der Waals surface area contributed by atoms with Gasteiger partial charge in [0.15, 0.2) is 5.82 Å². The van der Waals surface area contributed by atoms with Crippen molar-refractivity contribution in [3.8, 4) is 11.5 Å². The van der Waals surface area contributed by atoms with Crippen molar-refractivity contribution in [1.29, 1.82) is 0 Å². The van der Waals surface area contributed by atoms with Crippen LogP contribution in [0.2, 0.25) is 0 Å². The first-order valence-corrected chi connectivity index (χ1v) is 6.76. The lowest BCUT2D eigenvalue weighted by Crippen LogP contribution is -2.51. The normalized spacial score (nSPS) is 14.4. The number of hydrogen-bond donors (Lipinski definition) is 2. The third-order valence-electron chi connectivity index (χ3n) is 3.59. The monoisotopic (exact) mass is 335 g/mol. The van der Waals surface area contributed by atoms with E-state index in [0.717, 1.165) is 0 Å². The molecule has 0 atom stereocenters. The topological polar surface area (TPSA) is 105 Å². The van der Waals surface area contributed by atoms with Crippen molar-refractivity contribution in [1.82, 2.24) is 29.3 Å². The largest absolute Gasteiger partial charge is 0.389 e. The maximum Gasteiger partial charge on any atom is 0.296 e. The standard InChI is InChI=1S/C13H13N7O2.ClH/c21-9-5-19(6-9)11-3-12(16-7-15-11)20-13(22)10(4-17-20)18-2-1-14-8-18;/h1-4,7-9,17,21H,5-6H2;1H. The van der Waals surface area contributed by atoms with E-state index >= 15 is 0 Å². The van der Waals surface area contributed by atoms with E-state index in [-0.39, 0.29) is 24.1 Å². The van der Waals surface area contributed by atoms with Gasteiger partial charge < -0.3 is 10.0 Å². The Labute approximate surface area is 136 Å². The Morgan fingerprint density at radius 3 is 2.74 bits per heavy atom. The number of halogens is 1. The third-order valence-corrected chi connectivity index (χ3v) is 3.59. The number of nitrogens with one attached hydrogen (secondary N) is 1. The van der Waals surface area contributed by atoms with Gasteiger partial charge in [0, 0.05) is 37.7 Å². The van der Waals surface area contributed by atoms with Crippen LogP contribution in [0.1, 0.15) is 0 Å². The van der Waals surface area contributed by atoms with E-state index in [1.807, 2.05) is 4.90 Å². The van der Waals surface area contributed by atoms with Crippen molar-refractivity contribution in [3.63, 3.8) is 0 Å². The van der Waals surface area contributed by atoms with E-state index in [4.69, 9.17) is 0 Å². The summed E-state index contributed by atoms with van der Waals surface area (Å²) < 4.78 is 2.97. The summed E-state index contributed by atoms with van der Waals surface area (Å²) in [6.07, 6.45) is 7.54. The summed E-state index contributed by atoms with van der Waals surface area (Å²) in [5.41, 5.74) is 0.225. The first-order chi connectivity index (χ1) is 10.7. The highest BCUT2D eigenvalue weighted by atomic mass is 35.5. The highest BCUT2D eigenvalue weighted by molar-refractivity contribution is 5.85. The molecule has 1 fully saturated rings. The molecule has 1 aliphatic rings. The highest BCUT2D eigenvalue weighted by Gasteiger charge is 2.26. The zero-order valence-corrected chi connectivity index (χ0v) is 12.7. The van der Waals surface area contributed by atoms with Gasteiger partial charge in [-0.15, -0.1) is 12.4 Å². The number of aromatic amines is 1. The number of anilines is 1. The summed E-state index contributed by atoms with van der Waals surface area (Å²) in [5, 5.41) is 12.3. The quantitative estimate of drug-likeness (QED) is 0.683. The fraction of sp³-hybridized carbons (Fsp3) is 0.231. The van der Waals surface area contributed by atoms with E-state index < -0.39 is 0 Å². The number of nitrogens with zero attached hydrogens (tertiary/aromatic N) is 6. The van der Waals surface area contributed by atoms with Gasteiger partial charge >= 0.3 is 0 Å². The highest BCUT2D eigenvalue weighted by Crippen LogP contribution is 2.19. The van der Waals surface area contributed by atoms with Gasteiger partial charge in [0.2, 0.25) is 0 Å². The first-order valence-electron chi connectivity index (χ1n) is 6.76.